The number of imidazole rings is 1. The Bertz CT molecular complexity index is 750. The van der Waals surface area contributed by atoms with E-state index in [1.54, 1.807) is 6.92 Å². The summed E-state index contributed by atoms with van der Waals surface area (Å²) in [5, 5.41) is 4.06. The molecule has 1 atom stereocenters. The molecule has 2 fully saturated rings. The summed E-state index contributed by atoms with van der Waals surface area (Å²) in [6.45, 7) is 4.65. The van der Waals surface area contributed by atoms with Gasteiger partial charge in [0.2, 0.25) is 11.8 Å². The number of aryl methyl sites for hydroxylation is 1. The van der Waals surface area contributed by atoms with Crippen LogP contribution in [-0.2, 0) is 24.9 Å². The molecule has 0 radical (unpaired) electrons. The van der Waals surface area contributed by atoms with Gasteiger partial charge in [-0.1, -0.05) is 5.16 Å². The summed E-state index contributed by atoms with van der Waals surface area (Å²) in [7, 11) is 2.01. The second-order valence-electron chi connectivity index (χ2n) is 7.10. The second kappa shape index (κ2) is 6.59. The zero-order chi connectivity index (χ0) is 17.4. The van der Waals surface area contributed by atoms with Crippen LogP contribution in [0.5, 0.6) is 0 Å². The number of carbonyl (C=O) groups excluding carboxylic acids is 1. The maximum absolute atomic E-state index is 12.2. The molecule has 1 saturated heterocycles. The molecule has 3 heterocycles. The van der Waals surface area contributed by atoms with Crippen molar-refractivity contribution in [2.45, 2.75) is 51.2 Å². The van der Waals surface area contributed by atoms with Gasteiger partial charge in [-0.3, -0.25) is 9.69 Å². The summed E-state index contributed by atoms with van der Waals surface area (Å²) in [6.07, 6.45) is 6.99. The predicted molar refractivity (Wildman–Crippen MR) is 89.4 cm³/mol. The Morgan fingerprint density at radius 3 is 2.92 bits per heavy atom. The summed E-state index contributed by atoms with van der Waals surface area (Å²) in [5.41, 5.74) is 0. The van der Waals surface area contributed by atoms with E-state index in [1.807, 2.05) is 28.9 Å². The molecule has 2 aromatic rings. The van der Waals surface area contributed by atoms with Crippen LogP contribution >= 0.6 is 0 Å². The standard InChI is InChI=1S/C17H24N6O2/c1-12(24)23(10-15-19-17(25-20-15)13-3-4-13)14-5-7-22(9-14)11-16-18-6-8-21(16)2/h6,8,13-14H,3-5,7,9-11H2,1-2H3/t14-/m0/s1. The zero-order valence-electron chi connectivity index (χ0n) is 14.8. The minimum absolute atomic E-state index is 0.0570. The molecule has 1 saturated carbocycles. The molecular weight excluding hydrogens is 320 g/mol. The Balaban J connectivity index is 1.39. The van der Waals surface area contributed by atoms with E-state index in [0.717, 1.165) is 50.6 Å². The van der Waals surface area contributed by atoms with Crippen LogP contribution < -0.4 is 0 Å². The quantitative estimate of drug-likeness (QED) is 0.786. The number of hydrogen-bond donors (Lipinski definition) is 0. The van der Waals surface area contributed by atoms with Gasteiger partial charge in [-0.2, -0.15) is 4.98 Å². The van der Waals surface area contributed by atoms with Crippen LogP contribution in [0.4, 0.5) is 0 Å². The largest absolute Gasteiger partial charge is 0.339 e. The van der Waals surface area contributed by atoms with Gasteiger partial charge in [0.05, 0.1) is 13.1 Å². The first-order valence-electron chi connectivity index (χ1n) is 8.88. The fourth-order valence-electron chi connectivity index (χ4n) is 3.44. The third-order valence-corrected chi connectivity index (χ3v) is 5.10. The average Bonchev–Trinajstić information content (AvgIpc) is 2.96. The highest BCUT2D eigenvalue weighted by Crippen LogP contribution is 2.38. The van der Waals surface area contributed by atoms with Gasteiger partial charge < -0.3 is 14.0 Å². The van der Waals surface area contributed by atoms with Crippen LogP contribution in [0.1, 0.15) is 49.6 Å². The van der Waals surface area contributed by atoms with E-state index in [-0.39, 0.29) is 11.9 Å². The summed E-state index contributed by atoms with van der Waals surface area (Å²) >= 11 is 0. The number of likely N-dealkylation sites (tertiary alicyclic amines) is 1. The van der Waals surface area contributed by atoms with Gasteiger partial charge in [-0.15, -0.1) is 0 Å². The number of aromatic nitrogens is 4. The van der Waals surface area contributed by atoms with Gasteiger partial charge in [0.15, 0.2) is 5.82 Å². The number of rotatable bonds is 6. The molecule has 2 aromatic heterocycles. The van der Waals surface area contributed by atoms with Crippen molar-refractivity contribution in [3.05, 3.63) is 29.9 Å². The van der Waals surface area contributed by atoms with E-state index in [2.05, 4.69) is 20.0 Å². The number of amides is 1. The van der Waals surface area contributed by atoms with Gasteiger partial charge in [0, 0.05) is 51.4 Å². The lowest BCUT2D eigenvalue weighted by Gasteiger charge is -2.27. The van der Waals surface area contributed by atoms with E-state index in [0.29, 0.717) is 18.3 Å². The Morgan fingerprint density at radius 1 is 1.40 bits per heavy atom. The molecule has 0 unspecified atom stereocenters. The van der Waals surface area contributed by atoms with Crippen molar-refractivity contribution in [2.75, 3.05) is 13.1 Å². The molecule has 134 valence electrons. The van der Waals surface area contributed by atoms with Crippen molar-refractivity contribution in [3.8, 4) is 0 Å². The third kappa shape index (κ3) is 3.58. The van der Waals surface area contributed by atoms with E-state index in [9.17, 15) is 4.79 Å². The lowest BCUT2D eigenvalue weighted by atomic mass is 10.2. The predicted octanol–water partition coefficient (Wildman–Crippen LogP) is 1.30. The minimum atomic E-state index is 0.0570. The van der Waals surface area contributed by atoms with Gasteiger partial charge in [0.1, 0.15) is 5.82 Å². The van der Waals surface area contributed by atoms with Crippen molar-refractivity contribution < 1.29 is 9.32 Å². The van der Waals surface area contributed by atoms with Crippen LogP contribution in [0.25, 0.3) is 0 Å². The molecule has 1 aliphatic carbocycles. The Labute approximate surface area is 146 Å². The van der Waals surface area contributed by atoms with E-state index in [4.69, 9.17) is 4.52 Å². The van der Waals surface area contributed by atoms with Crippen molar-refractivity contribution in [3.63, 3.8) is 0 Å². The molecule has 2 aliphatic rings. The molecule has 1 aliphatic heterocycles. The van der Waals surface area contributed by atoms with Crippen LogP contribution in [0.3, 0.4) is 0 Å². The molecule has 4 rings (SSSR count). The first kappa shape index (κ1) is 16.3. The van der Waals surface area contributed by atoms with Gasteiger partial charge in [0.25, 0.3) is 0 Å². The summed E-state index contributed by atoms with van der Waals surface area (Å²) < 4.78 is 7.35. The summed E-state index contributed by atoms with van der Waals surface area (Å²) in [6, 6.07) is 0.181. The molecule has 1 amide bonds. The normalized spacial score (nSPS) is 21.0. The molecule has 0 spiro atoms. The summed E-state index contributed by atoms with van der Waals surface area (Å²) in [4.78, 5) is 25.2. The highest BCUT2D eigenvalue weighted by atomic mass is 16.5. The molecule has 0 bridgehead atoms. The highest BCUT2D eigenvalue weighted by molar-refractivity contribution is 5.73. The fourth-order valence-corrected chi connectivity index (χ4v) is 3.44. The average molecular weight is 344 g/mol. The fraction of sp³-hybridized carbons (Fsp3) is 0.647. The zero-order valence-corrected chi connectivity index (χ0v) is 14.8. The molecular formula is C17H24N6O2. The van der Waals surface area contributed by atoms with E-state index in [1.165, 1.54) is 0 Å². The minimum Gasteiger partial charge on any atom is -0.339 e. The number of nitrogens with zero attached hydrogens (tertiary/aromatic N) is 6. The maximum Gasteiger partial charge on any atom is 0.229 e. The SMILES string of the molecule is CC(=O)N(Cc1noc(C2CC2)n1)[C@H]1CCN(Cc2nccn2C)C1. The summed E-state index contributed by atoms with van der Waals surface area (Å²) in [5.74, 6) is 2.87. The lowest BCUT2D eigenvalue weighted by Crippen LogP contribution is -2.40. The Morgan fingerprint density at radius 2 is 2.24 bits per heavy atom. The van der Waals surface area contributed by atoms with Crippen molar-refractivity contribution in [2.24, 2.45) is 7.05 Å². The third-order valence-electron chi connectivity index (χ3n) is 5.10. The first-order valence-corrected chi connectivity index (χ1v) is 8.88. The monoisotopic (exact) mass is 344 g/mol. The van der Waals surface area contributed by atoms with Crippen molar-refractivity contribution in [1.29, 1.82) is 0 Å². The maximum atomic E-state index is 12.2. The smallest absolute Gasteiger partial charge is 0.229 e. The van der Waals surface area contributed by atoms with Crippen LogP contribution in [0.15, 0.2) is 16.9 Å². The van der Waals surface area contributed by atoms with Crippen LogP contribution in [0, 0.1) is 0 Å². The van der Waals surface area contributed by atoms with Gasteiger partial charge in [-0.05, 0) is 19.3 Å². The Kier molecular flexibility index (Phi) is 4.29. The molecule has 0 N–H and O–H groups in total. The van der Waals surface area contributed by atoms with Crippen LogP contribution in [-0.4, -0.2) is 54.5 Å². The highest BCUT2D eigenvalue weighted by Gasteiger charge is 2.32. The Hall–Kier alpha value is -2.22. The van der Waals surface area contributed by atoms with Gasteiger partial charge >= 0.3 is 0 Å². The number of hydrogen-bond acceptors (Lipinski definition) is 6. The van der Waals surface area contributed by atoms with Crippen molar-refractivity contribution >= 4 is 5.91 Å². The molecule has 8 heteroatoms. The first-order chi connectivity index (χ1) is 12.1. The lowest BCUT2D eigenvalue weighted by molar-refractivity contribution is -0.131. The molecule has 25 heavy (non-hydrogen) atoms. The topological polar surface area (TPSA) is 80.3 Å². The second-order valence-corrected chi connectivity index (χ2v) is 7.10. The van der Waals surface area contributed by atoms with E-state index < -0.39 is 0 Å². The molecule has 8 nitrogen and oxygen atoms in total. The van der Waals surface area contributed by atoms with E-state index >= 15 is 0 Å². The molecule has 0 aromatic carbocycles. The van der Waals surface area contributed by atoms with Gasteiger partial charge in [-0.25, -0.2) is 4.98 Å². The van der Waals surface area contributed by atoms with Crippen molar-refractivity contribution in [1.82, 2.24) is 29.5 Å². The number of carbonyl (C=O) groups is 1. The van der Waals surface area contributed by atoms with Crippen LogP contribution in [0.2, 0.25) is 0 Å².